The number of carbonyl (C=O) groups is 1. The normalized spacial score (nSPS) is 39.1. The van der Waals surface area contributed by atoms with Crippen LogP contribution in [0.3, 0.4) is 0 Å². The zero-order valence-corrected chi connectivity index (χ0v) is 10.2. The molecular weight excluding hydrogens is 202 g/mol. The lowest BCUT2D eigenvalue weighted by atomic mass is 9.79. The molecule has 0 aromatic rings. The van der Waals surface area contributed by atoms with Crippen molar-refractivity contribution in [3.05, 3.63) is 0 Å². The predicted octanol–water partition coefficient (Wildman–Crippen LogP) is 2.03. The molecule has 2 fully saturated rings. The number of ether oxygens (including phenoxy) is 1. The highest BCUT2D eigenvalue weighted by Crippen LogP contribution is 2.38. The Kier molecular flexibility index (Phi) is 3.65. The van der Waals surface area contributed by atoms with Crippen LogP contribution in [0, 0.1) is 5.41 Å². The van der Waals surface area contributed by atoms with Gasteiger partial charge in [0.2, 0.25) is 0 Å². The molecule has 16 heavy (non-hydrogen) atoms. The molecule has 92 valence electrons. The zero-order valence-electron chi connectivity index (χ0n) is 10.2. The number of hydrogen-bond acceptors (Lipinski definition) is 3. The third kappa shape index (κ3) is 2.30. The molecule has 0 aromatic heterocycles. The zero-order chi connectivity index (χ0) is 11.6. The summed E-state index contributed by atoms with van der Waals surface area (Å²) in [6.07, 6.45) is 7.20. The molecule has 3 unspecified atom stereocenters. The molecule has 2 aliphatic rings. The summed E-state index contributed by atoms with van der Waals surface area (Å²) in [6, 6.07) is 0.0736. The van der Waals surface area contributed by atoms with E-state index in [1.807, 2.05) is 6.92 Å². The molecule has 0 aromatic carbocycles. The standard InChI is InChI=1S/C13H23NO2/c1-13(8-2-5-11(13)14)12(15)7-6-10-4-3-9-16-10/h10-11H,2-9,14H2,1H3. The van der Waals surface area contributed by atoms with E-state index < -0.39 is 0 Å². The van der Waals surface area contributed by atoms with Gasteiger partial charge in [-0.3, -0.25) is 4.79 Å². The Morgan fingerprint density at radius 2 is 2.25 bits per heavy atom. The Morgan fingerprint density at radius 1 is 1.44 bits per heavy atom. The number of nitrogens with two attached hydrogens (primary N) is 1. The van der Waals surface area contributed by atoms with Gasteiger partial charge in [-0.25, -0.2) is 0 Å². The largest absolute Gasteiger partial charge is 0.378 e. The van der Waals surface area contributed by atoms with Crippen LogP contribution in [0.25, 0.3) is 0 Å². The Morgan fingerprint density at radius 3 is 2.81 bits per heavy atom. The molecule has 1 aliphatic heterocycles. The van der Waals surface area contributed by atoms with Crippen molar-refractivity contribution in [2.45, 2.75) is 64.0 Å². The molecule has 0 amide bonds. The molecular formula is C13H23NO2. The molecule has 3 atom stereocenters. The van der Waals surface area contributed by atoms with Gasteiger partial charge in [0.15, 0.2) is 0 Å². The van der Waals surface area contributed by atoms with Crippen molar-refractivity contribution in [2.75, 3.05) is 6.61 Å². The van der Waals surface area contributed by atoms with Gasteiger partial charge < -0.3 is 10.5 Å². The van der Waals surface area contributed by atoms with E-state index >= 15 is 0 Å². The van der Waals surface area contributed by atoms with E-state index in [-0.39, 0.29) is 11.5 Å². The summed E-state index contributed by atoms with van der Waals surface area (Å²) in [5, 5.41) is 0. The average molecular weight is 225 g/mol. The van der Waals surface area contributed by atoms with Gasteiger partial charge in [-0.2, -0.15) is 0 Å². The summed E-state index contributed by atoms with van der Waals surface area (Å²) in [6.45, 7) is 2.91. The highest BCUT2D eigenvalue weighted by molar-refractivity contribution is 5.85. The maximum absolute atomic E-state index is 12.2. The SMILES string of the molecule is CC1(C(=O)CCC2CCCO2)CCCC1N. The summed E-state index contributed by atoms with van der Waals surface area (Å²) in [5.74, 6) is 0.355. The van der Waals surface area contributed by atoms with Gasteiger partial charge in [0.05, 0.1) is 6.10 Å². The predicted molar refractivity (Wildman–Crippen MR) is 63.1 cm³/mol. The Hall–Kier alpha value is -0.410. The molecule has 3 nitrogen and oxygen atoms in total. The Balaban J connectivity index is 1.82. The second-order valence-corrected chi connectivity index (χ2v) is 5.51. The highest BCUT2D eigenvalue weighted by Gasteiger charge is 2.42. The smallest absolute Gasteiger partial charge is 0.140 e. The number of carbonyl (C=O) groups excluding carboxylic acids is 1. The lowest BCUT2D eigenvalue weighted by Gasteiger charge is -2.27. The minimum atomic E-state index is -0.251. The Bertz CT molecular complexity index is 261. The lowest BCUT2D eigenvalue weighted by Crippen LogP contribution is -2.41. The van der Waals surface area contributed by atoms with Crippen LogP contribution < -0.4 is 5.73 Å². The summed E-state index contributed by atoms with van der Waals surface area (Å²) in [7, 11) is 0. The first kappa shape index (κ1) is 12.1. The quantitative estimate of drug-likeness (QED) is 0.796. The minimum Gasteiger partial charge on any atom is -0.378 e. The van der Waals surface area contributed by atoms with Gasteiger partial charge in [-0.1, -0.05) is 13.3 Å². The molecule has 1 saturated carbocycles. The average Bonchev–Trinajstić information content (AvgIpc) is 2.87. The van der Waals surface area contributed by atoms with Crippen molar-refractivity contribution in [3.63, 3.8) is 0 Å². The fraction of sp³-hybridized carbons (Fsp3) is 0.923. The van der Waals surface area contributed by atoms with Gasteiger partial charge in [0.1, 0.15) is 5.78 Å². The molecule has 1 heterocycles. The minimum absolute atomic E-state index is 0.0736. The van der Waals surface area contributed by atoms with Crippen LogP contribution in [0.1, 0.15) is 51.9 Å². The van der Waals surface area contributed by atoms with E-state index in [1.54, 1.807) is 0 Å². The fourth-order valence-electron chi connectivity index (χ4n) is 2.99. The third-order valence-corrected chi connectivity index (χ3v) is 4.38. The van der Waals surface area contributed by atoms with Crippen molar-refractivity contribution < 1.29 is 9.53 Å². The second kappa shape index (κ2) is 4.84. The summed E-state index contributed by atoms with van der Waals surface area (Å²) in [5.41, 5.74) is 5.79. The fourth-order valence-corrected chi connectivity index (χ4v) is 2.99. The van der Waals surface area contributed by atoms with Crippen LogP contribution >= 0.6 is 0 Å². The number of rotatable bonds is 4. The van der Waals surface area contributed by atoms with Crippen molar-refractivity contribution in [1.29, 1.82) is 0 Å². The first-order valence-electron chi connectivity index (χ1n) is 6.53. The number of Topliss-reactive ketones (excluding diaryl/α,β-unsaturated/α-hetero) is 1. The second-order valence-electron chi connectivity index (χ2n) is 5.51. The molecule has 0 spiro atoms. The van der Waals surface area contributed by atoms with Crippen molar-refractivity contribution in [3.8, 4) is 0 Å². The van der Waals surface area contributed by atoms with E-state index in [0.717, 1.165) is 45.1 Å². The van der Waals surface area contributed by atoms with Gasteiger partial charge in [-0.05, 0) is 32.1 Å². The topological polar surface area (TPSA) is 52.3 Å². The third-order valence-electron chi connectivity index (χ3n) is 4.38. The summed E-state index contributed by atoms with van der Waals surface area (Å²) in [4.78, 5) is 12.2. The monoisotopic (exact) mass is 225 g/mol. The van der Waals surface area contributed by atoms with Crippen molar-refractivity contribution in [2.24, 2.45) is 11.1 Å². The lowest BCUT2D eigenvalue weighted by molar-refractivity contribution is -0.128. The Labute approximate surface area is 97.7 Å². The van der Waals surface area contributed by atoms with Gasteiger partial charge in [0.25, 0.3) is 0 Å². The van der Waals surface area contributed by atoms with Crippen LogP contribution in [0.4, 0.5) is 0 Å². The van der Waals surface area contributed by atoms with Crippen LogP contribution in [-0.2, 0) is 9.53 Å². The number of hydrogen-bond donors (Lipinski definition) is 1. The molecule has 0 radical (unpaired) electrons. The van der Waals surface area contributed by atoms with E-state index in [9.17, 15) is 4.79 Å². The first-order valence-corrected chi connectivity index (χ1v) is 6.53. The summed E-state index contributed by atoms with van der Waals surface area (Å²) >= 11 is 0. The van der Waals surface area contributed by atoms with Crippen LogP contribution in [0.15, 0.2) is 0 Å². The molecule has 2 N–H and O–H groups in total. The number of ketones is 1. The van der Waals surface area contributed by atoms with Crippen LogP contribution in [0.5, 0.6) is 0 Å². The summed E-state index contributed by atoms with van der Waals surface area (Å²) < 4.78 is 5.54. The van der Waals surface area contributed by atoms with E-state index in [4.69, 9.17) is 10.5 Å². The molecule has 3 heteroatoms. The van der Waals surface area contributed by atoms with Crippen molar-refractivity contribution in [1.82, 2.24) is 0 Å². The molecule has 1 saturated heterocycles. The highest BCUT2D eigenvalue weighted by atomic mass is 16.5. The van der Waals surface area contributed by atoms with Crippen LogP contribution in [-0.4, -0.2) is 24.5 Å². The molecule has 2 rings (SSSR count). The first-order chi connectivity index (χ1) is 7.63. The van der Waals surface area contributed by atoms with E-state index in [1.165, 1.54) is 0 Å². The maximum atomic E-state index is 12.2. The molecule has 1 aliphatic carbocycles. The van der Waals surface area contributed by atoms with Gasteiger partial charge >= 0.3 is 0 Å². The van der Waals surface area contributed by atoms with Gasteiger partial charge in [0, 0.05) is 24.5 Å². The van der Waals surface area contributed by atoms with E-state index in [2.05, 4.69) is 0 Å². The maximum Gasteiger partial charge on any atom is 0.140 e. The van der Waals surface area contributed by atoms with Crippen molar-refractivity contribution >= 4 is 5.78 Å². The van der Waals surface area contributed by atoms with E-state index in [0.29, 0.717) is 18.3 Å². The van der Waals surface area contributed by atoms with Crippen LogP contribution in [0.2, 0.25) is 0 Å². The van der Waals surface area contributed by atoms with Gasteiger partial charge in [-0.15, -0.1) is 0 Å². The molecule has 0 bridgehead atoms.